The molecule has 1 N–H and O–H groups in total. The first-order valence-electron chi connectivity index (χ1n) is 7.12. The SMILES string of the molecule is CC(=Cc1ccco1)C=C(C#N)C(=O)Nc1cccc(C(F)(F)F)c1. The number of hydrogen-bond donors (Lipinski definition) is 1. The van der Waals surface area contributed by atoms with E-state index in [4.69, 9.17) is 9.68 Å². The number of nitrogens with one attached hydrogen (secondary N) is 1. The number of benzene rings is 1. The van der Waals surface area contributed by atoms with E-state index in [9.17, 15) is 18.0 Å². The fourth-order valence-electron chi connectivity index (χ4n) is 1.99. The molecular formula is C18H13F3N2O2. The minimum absolute atomic E-state index is 0.0476. The van der Waals surface area contributed by atoms with E-state index in [1.807, 2.05) is 0 Å². The van der Waals surface area contributed by atoms with Crippen LogP contribution in [0.15, 0.2) is 64.3 Å². The Morgan fingerprint density at radius 1 is 1.28 bits per heavy atom. The van der Waals surface area contributed by atoms with Crippen LogP contribution < -0.4 is 5.32 Å². The third kappa shape index (κ3) is 5.11. The van der Waals surface area contributed by atoms with Gasteiger partial charge in [0, 0.05) is 5.69 Å². The number of rotatable bonds is 4. The molecule has 0 fully saturated rings. The molecule has 0 radical (unpaired) electrons. The molecule has 2 aromatic rings. The van der Waals surface area contributed by atoms with E-state index < -0.39 is 17.6 Å². The van der Waals surface area contributed by atoms with E-state index in [0.717, 1.165) is 12.1 Å². The Bertz CT molecular complexity index is 857. The fourth-order valence-corrected chi connectivity index (χ4v) is 1.99. The molecule has 0 unspecified atom stereocenters. The molecule has 1 aromatic heterocycles. The van der Waals surface area contributed by atoms with E-state index in [-0.39, 0.29) is 11.3 Å². The second-order valence-electron chi connectivity index (χ2n) is 5.11. The summed E-state index contributed by atoms with van der Waals surface area (Å²) in [5.41, 5.74) is -0.598. The third-order valence-electron chi connectivity index (χ3n) is 3.10. The van der Waals surface area contributed by atoms with Gasteiger partial charge < -0.3 is 9.73 Å². The molecule has 128 valence electrons. The largest absolute Gasteiger partial charge is 0.465 e. The number of nitrogens with zero attached hydrogens (tertiary/aromatic N) is 1. The molecule has 7 heteroatoms. The zero-order valence-electron chi connectivity index (χ0n) is 13.1. The number of nitriles is 1. The van der Waals surface area contributed by atoms with Gasteiger partial charge in [-0.3, -0.25) is 4.79 Å². The van der Waals surface area contributed by atoms with Crippen LogP contribution in [0.1, 0.15) is 18.2 Å². The lowest BCUT2D eigenvalue weighted by atomic mass is 10.1. The minimum Gasteiger partial charge on any atom is -0.465 e. The lowest BCUT2D eigenvalue weighted by molar-refractivity contribution is -0.137. The van der Waals surface area contributed by atoms with Crippen molar-refractivity contribution in [2.24, 2.45) is 0 Å². The maximum Gasteiger partial charge on any atom is 0.416 e. The van der Waals surface area contributed by atoms with Gasteiger partial charge in [0.25, 0.3) is 5.91 Å². The van der Waals surface area contributed by atoms with E-state index in [0.29, 0.717) is 11.3 Å². The second-order valence-corrected chi connectivity index (χ2v) is 5.11. The summed E-state index contributed by atoms with van der Waals surface area (Å²) >= 11 is 0. The fraction of sp³-hybridized carbons (Fsp3) is 0.111. The second kappa shape index (κ2) is 7.53. The van der Waals surface area contributed by atoms with Crippen molar-refractivity contribution in [3.05, 3.63) is 71.2 Å². The standard InChI is InChI=1S/C18H13F3N2O2/c1-12(9-16-6-3-7-25-16)8-13(11-22)17(24)23-15-5-2-4-14(10-15)18(19,20)21/h2-10H,1H3,(H,23,24). The predicted molar refractivity (Wildman–Crippen MR) is 86.1 cm³/mol. The van der Waals surface area contributed by atoms with Gasteiger partial charge in [-0.15, -0.1) is 0 Å². The average molecular weight is 346 g/mol. The van der Waals surface area contributed by atoms with Crippen molar-refractivity contribution in [1.29, 1.82) is 5.26 Å². The zero-order chi connectivity index (χ0) is 18.4. The number of carbonyl (C=O) groups excluding carboxylic acids is 1. The summed E-state index contributed by atoms with van der Waals surface area (Å²) in [6.45, 7) is 1.66. The van der Waals surface area contributed by atoms with Gasteiger partial charge in [-0.05, 0) is 55.0 Å². The van der Waals surface area contributed by atoms with E-state index in [2.05, 4.69) is 5.32 Å². The molecule has 4 nitrogen and oxygen atoms in total. The Morgan fingerprint density at radius 3 is 2.64 bits per heavy atom. The predicted octanol–water partition coefficient (Wildman–Crippen LogP) is 4.79. The molecule has 1 aromatic carbocycles. The number of anilines is 1. The number of alkyl halides is 3. The normalized spacial score (nSPS) is 12.6. The van der Waals surface area contributed by atoms with Crippen molar-refractivity contribution in [2.45, 2.75) is 13.1 Å². The third-order valence-corrected chi connectivity index (χ3v) is 3.10. The molecule has 2 rings (SSSR count). The zero-order valence-corrected chi connectivity index (χ0v) is 13.1. The Kier molecular flexibility index (Phi) is 5.45. The van der Waals surface area contributed by atoms with Crippen molar-refractivity contribution in [2.75, 3.05) is 5.32 Å². The number of allylic oxidation sites excluding steroid dienone is 2. The molecule has 0 atom stereocenters. The maximum absolute atomic E-state index is 12.7. The quantitative estimate of drug-likeness (QED) is 0.492. The molecule has 0 saturated carbocycles. The summed E-state index contributed by atoms with van der Waals surface area (Å²) in [5, 5.41) is 11.4. The van der Waals surface area contributed by atoms with Gasteiger partial charge in [-0.2, -0.15) is 18.4 Å². The molecule has 0 spiro atoms. The maximum atomic E-state index is 12.7. The molecule has 1 amide bonds. The highest BCUT2D eigenvalue weighted by atomic mass is 19.4. The van der Waals surface area contributed by atoms with Crippen LogP contribution in [0.4, 0.5) is 18.9 Å². The summed E-state index contributed by atoms with van der Waals surface area (Å²) in [6, 6.07) is 9.31. The number of carbonyl (C=O) groups is 1. The van der Waals surface area contributed by atoms with Crippen molar-refractivity contribution >= 4 is 17.7 Å². The molecule has 0 aliphatic rings. The van der Waals surface area contributed by atoms with Gasteiger partial charge in [0.15, 0.2) is 0 Å². The van der Waals surface area contributed by atoms with Crippen LogP contribution in [0.5, 0.6) is 0 Å². The number of amides is 1. The molecular weight excluding hydrogens is 333 g/mol. The van der Waals surface area contributed by atoms with Gasteiger partial charge in [-0.25, -0.2) is 0 Å². The Hall–Kier alpha value is -3.27. The van der Waals surface area contributed by atoms with Gasteiger partial charge in [0.2, 0.25) is 0 Å². The van der Waals surface area contributed by atoms with Crippen molar-refractivity contribution in [1.82, 2.24) is 0 Å². The molecule has 25 heavy (non-hydrogen) atoms. The number of hydrogen-bond acceptors (Lipinski definition) is 3. The molecule has 1 heterocycles. The molecule has 0 saturated heterocycles. The van der Waals surface area contributed by atoms with Crippen LogP contribution >= 0.6 is 0 Å². The van der Waals surface area contributed by atoms with Crippen molar-refractivity contribution < 1.29 is 22.4 Å². The molecule has 0 aliphatic carbocycles. The Balaban J connectivity index is 2.18. The highest BCUT2D eigenvalue weighted by molar-refractivity contribution is 6.07. The van der Waals surface area contributed by atoms with Crippen molar-refractivity contribution in [3.8, 4) is 6.07 Å². The smallest absolute Gasteiger partial charge is 0.416 e. The monoisotopic (exact) mass is 346 g/mol. The topological polar surface area (TPSA) is 66.0 Å². The summed E-state index contributed by atoms with van der Waals surface area (Å²) in [4.78, 5) is 12.1. The van der Waals surface area contributed by atoms with E-state index in [1.165, 1.54) is 24.5 Å². The summed E-state index contributed by atoms with van der Waals surface area (Å²) < 4.78 is 43.2. The number of halogens is 3. The van der Waals surface area contributed by atoms with Crippen LogP contribution in [0.25, 0.3) is 6.08 Å². The first-order valence-corrected chi connectivity index (χ1v) is 7.12. The first kappa shape index (κ1) is 18.1. The highest BCUT2D eigenvalue weighted by Gasteiger charge is 2.30. The Morgan fingerprint density at radius 2 is 2.04 bits per heavy atom. The van der Waals surface area contributed by atoms with E-state index in [1.54, 1.807) is 31.2 Å². The van der Waals surface area contributed by atoms with Crippen LogP contribution in [0.2, 0.25) is 0 Å². The molecule has 0 aliphatic heterocycles. The number of furan rings is 1. The van der Waals surface area contributed by atoms with Gasteiger partial charge in [0.05, 0.1) is 11.8 Å². The van der Waals surface area contributed by atoms with Gasteiger partial charge in [0.1, 0.15) is 17.4 Å². The summed E-state index contributed by atoms with van der Waals surface area (Å²) in [5.74, 6) is -0.252. The summed E-state index contributed by atoms with van der Waals surface area (Å²) in [7, 11) is 0. The summed E-state index contributed by atoms with van der Waals surface area (Å²) in [6.07, 6.45) is -0.0915. The highest BCUT2D eigenvalue weighted by Crippen LogP contribution is 2.30. The Labute approximate surface area is 141 Å². The van der Waals surface area contributed by atoms with Crippen LogP contribution in [0.3, 0.4) is 0 Å². The van der Waals surface area contributed by atoms with Crippen molar-refractivity contribution in [3.63, 3.8) is 0 Å². The van der Waals surface area contributed by atoms with Crippen LogP contribution in [-0.2, 0) is 11.0 Å². The van der Waals surface area contributed by atoms with Crippen LogP contribution in [-0.4, -0.2) is 5.91 Å². The van der Waals surface area contributed by atoms with Gasteiger partial charge >= 0.3 is 6.18 Å². The first-order chi connectivity index (χ1) is 11.8. The lowest BCUT2D eigenvalue weighted by Gasteiger charge is -2.09. The van der Waals surface area contributed by atoms with Crippen LogP contribution in [0, 0.1) is 11.3 Å². The lowest BCUT2D eigenvalue weighted by Crippen LogP contribution is -2.14. The van der Waals surface area contributed by atoms with Gasteiger partial charge in [-0.1, -0.05) is 6.07 Å². The molecule has 0 bridgehead atoms. The van der Waals surface area contributed by atoms with E-state index >= 15 is 0 Å². The minimum atomic E-state index is -4.52. The average Bonchev–Trinajstić information content (AvgIpc) is 3.04.